The van der Waals surface area contributed by atoms with Gasteiger partial charge in [-0.3, -0.25) is 0 Å². The van der Waals surface area contributed by atoms with Gasteiger partial charge in [-0.2, -0.15) is 0 Å². The molecule has 0 saturated carbocycles. The number of rotatable bonds is 4. The number of hydrogen-bond acceptors (Lipinski definition) is 6. The Morgan fingerprint density at radius 3 is 2.54 bits per heavy atom. The monoisotopic (exact) mass is 418 g/mol. The van der Waals surface area contributed by atoms with E-state index in [1.165, 1.54) is 6.07 Å². The van der Waals surface area contributed by atoms with Crippen molar-refractivity contribution in [1.82, 2.24) is 9.88 Å². The fourth-order valence-electron chi connectivity index (χ4n) is 3.40. The Morgan fingerprint density at radius 1 is 1.25 bits per heavy atom. The Hall–Kier alpha value is -0.740. The number of halogens is 1. The third-order valence-corrected chi connectivity index (χ3v) is 6.06. The third-order valence-electron chi connectivity index (χ3n) is 4.70. The number of piperidine rings is 1. The van der Waals surface area contributed by atoms with Crippen LogP contribution in [0.3, 0.4) is 0 Å². The molecule has 134 valence electrons. The van der Waals surface area contributed by atoms with E-state index in [4.69, 9.17) is 9.88 Å². The van der Waals surface area contributed by atoms with Gasteiger partial charge in [0.15, 0.2) is 0 Å². The molecule has 3 N–H and O–H groups in total. The molecule has 0 unspecified atom stereocenters. The summed E-state index contributed by atoms with van der Waals surface area (Å²) in [6.07, 6.45) is 5.69. The number of nitrogens with two attached hydrogens (primary N) is 1. The summed E-state index contributed by atoms with van der Waals surface area (Å²) in [4.78, 5) is 6.76. The lowest BCUT2D eigenvalue weighted by atomic mass is 10.00. The lowest BCUT2D eigenvalue weighted by Crippen LogP contribution is -2.46. The Bertz CT molecular complexity index is 671. The normalized spacial score (nSPS) is 21.8. The lowest BCUT2D eigenvalue weighted by Gasteiger charge is -2.39. The number of ether oxygens (including phenoxy) is 1. The summed E-state index contributed by atoms with van der Waals surface area (Å²) in [6.45, 7) is 3.71. The molecule has 24 heavy (non-hydrogen) atoms. The Morgan fingerprint density at radius 2 is 1.92 bits per heavy atom. The summed E-state index contributed by atoms with van der Waals surface area (Å²) >= 11 is 3.24. The van der Waals surface area contributed by atoms with Crippen LogP contribution in [0.25, 0.3) is 0 Å². The molecule has 2 aliphatic heterocycles. The number of primary sulfonamides is 1. The fraction of sp³-hybridized carbons (Fsp3) is 0.667. The minimum Gasteiger partial charge on any atom is -0.381 e. The van der Waals surface area contributed by atoms with Crippen molar-refractivity contribution in [2.45, 2.75) is 42.7 Å². The van der Waals surface area contributed by atoms with Gasteiger partial charge < -0.3 is 15.0 Å². The Kier molecular flexibility index (Phi) is 5.76. The molecule has 2 fully saturated rings. The maximum absolute atomic E-state index is 11.8. The maximum Gasteiger partial charge on any atom is 0.241 e. The molecule has 0 atom stereocenters. The molecular formula is C15H23BrN4O3S. The van der Waals surface area contributed by atoms with Crippen LogP contribution in [0, 0.1) is 0 Å². The Labute approximate surface area is 151 Å². The molecule has 0 spiro atoms. The first-order chi connectivity index (χ1) is 11.4. The van der Waals surface area contributed by atoms with Gasteiger partial charge >= 0.3 is 0 Å². The second kappa shape index (κ2) is 7.65. The highest BCUT2D eigenvalue weighted by Crippen LogP contribution is 2.25. The number of anilines is 1. The van der Waals surface area contributed by atoms with Gasteiger partial charge in [-0.15, -0.1) is 0 Å². The summed E-state index contributed by atoms with van der Waals surface area (Å²) in [5.74, 6) is 0.338. The summed E-state index contributed by atoms with van der Waals surface area (Å²) in [7, 11) is -3.81. The molecule has 3 heterocycles. The first-order valence-electron chi connectivity index (χ1n) is 8.20. The summed E-state index contributed by atoms with van der Waals surface area (Å²) in [6, 6.07) is 2.31. The van der Waals surface area contributed by atoms with Crippen LogP contribution in [0.1, 0.15) is 25.7 Å². The van der Waals surface area contributed by atoms with Gasteiger partial charge in [0.25, 0.3) is 0 Å². The number of sulfonamides is 1. The quantitative estimate of drug-likeness (QED) is 0.769. The minimum atomic E-state index is -3.81. The van der Waals surface area contributed by atoms with Crippen molar-refractivity contribution in [3.63, 3.8) is 0 Å². The second-order valence-corrected chi connectivity index (χ2v) is 8.79. The molecule has 9 heteroatoms. The number of nitrogens with zero attached hydrogens (tertiary/aromatic N) is 2. The highest BCUT2D eigenvalue weighted by Gasteiger charge is 2.27. The van der Waals surface area contributed by atoms with Crippen LogP contribution < -0.4 is 10.5 Å². The van der Waals surface area contributed by atoms with E-state index in [1.807, 2.05) is 0 Å². The van der Waals surface area contributed by atoms with Crippen molar-refractivity contribution in [2.75, 3.05) is 31.6 Å². The second-order valence-electron chi connectivity index (χ2n) is 6.34. The molecule has 0 radical (unpaired) electrons. The van der Waals surface area contributed by atoms with E-state index in [1.54, 1.807) is 6.20 Å². The predicted molar refractivity (Wildman–Crippen MR) is 95.4 cm³/mol. The van der Waals surface area contributed by atoms with Crippen LogP contribution in [-0.2, 0) is 14.8 Å². The van der Waals surface area contributed by atoms with Gasteiger partial charge in [-0.1, -0.05) is 0 Å². The zero-order valence-corrected chi connectivity index (χ0v) is 15.9. The zero-order valence-electron chi connectivity index (χ0n) is 13.4. The molecule has 1 aromatic rings. The van der Waals surface area contributed by atoms with Gasteiger partial charge in [0, 0.05) is 49.1 Å². The van der Waals surface area contributed by atoms with Crippen molar-refractivity contribution in [1.29, 1.82) is 0 Å². The molecule has 3 rings (SSSR count). The molecule has 2 aliphatic rings. The smallest absolute Gasteiger partial charge is 0.241 e. The first-order valence-corrected chi connectivity index (χ1v) is 10.5. The molecule has 7 nitrogen and oxygen atoms in total. The number of nitrogens with one attached hydrogen (secondary N) is 1. The van der Waals surface area contributed by atoms with Crippen molar-refractivity contribution in [2.24, 2.45) is 5.14 Å². The molecule has 1 aromatic heterocycles. The van der Waals surface area contributed by atoms with Gasteiger partial charge in [0.2, 0.25) is 10.0 Å². The average molecular weight is 419 g/mol. The largest absolute Gasteiger partial charge is 0.381 e. The van der Waals surface area contributed by atoms with Gasteiger partial charge in [-0.25, -0.2) is 18.5 Å². The number of hydrogen-bond donors (Lipinski definition) is 2. The van der Waals surface area contributed by atoms with E-state index in [9.17, 15) is 8.42 Å². The van der Waals surface area contributed by atoms with Crippen LogP contribution in [0.2, 0.25) is 0 Å². The van der Waals surface area contributed by atoms with Gasteiger partial charge in [0.05, 0.1) is 0 Å². The van der Waals surface area contributed by atoms with Crippen molar-refractivity contribution in [3.8, 4) is 0 Å². The minimum absolute atomic E-state index is 0.0312. The van der Waals surface area contributed by atoms with Crippen molar-refractivity contribution >= 4 is 31.8 Å². The number of likely N-dealkylation sites (tertiary alicyclic amines) is 1. The first kappa shape index (κ1) is 18.1. The van der Waals surface area contributed by atoms with Crippen molar-refractivity contribution in [3.05, 3.63) is 16.7 Å². The SMILES string of the molecule is NS(=O)(=O)c1cc(Br)cnc1NC1CCN(C2CCOCC2)CC1. The highest BCUT2D eigenvalue weighted by atomic mass is 79.9. The Balaban J connectivity index is 1.62. The standard InChI is InChI=1S/C15H23BrN4O3S/c16-11-9-14(24(17,21)22)15(18-10-11)19-12-1-5-20(6-2-12)13-3-7-23-8-4-13/h9-10,12-13H,1-8H2,(H,18,19)(H2,17,21,22). The molecule has 0 bridgehead atoms. The van der Waals surface area contributed by atoms with Crippen molar-refractivity contribution < 1.29 is 13.2 Å². The van der Waals surface area contributed by atoms with Crippen LogP contribution in [-0.4, -0.2) is 56.7 Å². The summed E-state index contributed by atoms with van der Waals surface area (Å²) in [5.41, 5.74) is 0. The highest BCUT2D eigenvalue weighted by molar-refractivity contribution is 9.10. The maximum atomic E-state index is 11.8. The van der Waals surface area contributed by atoms with E-state index in [-0.39, 0.29) is 10.9 Å². The topological polar surface area (TPSA) is 97.6 Å². The van der Waals surface area contributed by atoms with E-state index < -0.39 is 10.0 Å². The molecule has 0 amide bonds. The summed E-state index contributed by atoms with van der Waals surface area (Å²) in [5, 5.41) is 8.57. The van der Waals surface area contributed by atoms with E-state index in [2.05, 4.69) is 31.1 Å². The van der Waals surface area contributed by atoms with Crippen LogP contribution in [0.4, 0.5) is 5.82 Å². The molecule has 2 saturated heterocycles. The fourth-order valence-corrected chi connectivity index (χ4v) is 4.55. The summed E-state index contributed by atoms with van der Waals surface area (Å²) < 4.78 is 29.5. The number of pyridine rings is 1. The zero-order chi connectivity index (χ0) is 17.2. The van der Waals surface area contributed by atoms with Crippen LogP contribution in [0.5, 0.6) is 0 Å². The molecule has 0 aromatic carbocycles. The molecule has 0 aliphatic carbocycles. The lowest BCUT2D eigenvalue weighted by molar-refractivity contribution is 0.0262. The van der Waals surface area contributed by atoms with Crippen LogP contribution in [0.15, 0.2) is 21.6 Å². The average Bonchev–Trinajstić information content (AvgIpc) is 2.57. The third kappa shape index (κ3) is 4.45. The number of aromatic nitrogens is 1. The predicted octanol–water partition coefficient (Wildman–Crippen LogP) is 1.55. The van der Waals surface area contributed by atoms with E-state index in [0.29, 0.717) is 16.3 Å². The van der Waals surface area contributed by atoms with E-state index in [0.717, 1.165) is 52.0 Å². The van der Waals surface area contributed by atoms with Gasteiger partial charge in [-0.05, 0) is 47.7 Å². The van der Waals surface area contributed by atoms with Gasteiger partial charge in [0.1, 0.15) is 10.7 Å². The van der Waals surface area contributed by atoms with Crippen LogP contribution >= 0.6 is 15.9 Å². The van der Waals surface area contributed by atoms with E-state index >= 15 is 0 Å². The molecular weight excluding hydrogens is 396 g/mol.